The smallest absolute Gasteiger partial charge is 0.225 e. The van der Waals surface area contributed by atoms with Crippen molar-refractivity contribution in [3.05, 3.63) is 28.2 Å². The number of carbonyl (C=O) groups excluding carboxylic acids is 1. The molecule has 23 heavy (non-hydrogen) atoms. The molecule has 0 aromatic heterocycles. The molecule has 1 aromatic rings. The van der Waals surface area contributed by atoms with Crippen LogP contribution in [0.1, 0.15) is 26.2 Å². The van der Waals surface area contributed by atoms with Crippen LogP contribution < -0.4 is 11.1 Å². The van der Waals surface area contributed by atoms with Gasteiger partial charge in [-0.25, -0.2) is 0 Å². The zero-order valence-corrected chi connectivity index (χ0v) is 15.6. The lowest BCUT2D eigenvalue weighted by Crippen LogP contribution is -2.49. The third kappa shape index (κ3) is 5.80. The van der Waals surface area contributed by atoms with Crippen molar-refractivity contribution in [2.24, 2.45) is 11.7 Å². The second kappa shape index (κ2) is 9.70. The minimum absolute atomic E-state index is 0. The fourth-order valence-corrected chi connectivity index (χ4v) is 3.38. The molecule has 2 unspecified atom stereocenters. The molecular formula is C16H24Cl3N3O. The summed E-state index contributed by atoms with van der Waals surface area (Å²) in [5.74, 6) is 0.530. The molecule has 130 valence electrons. The maximum atomic E-state index is 12.1. The summed E-state index contributed by atoms with van der Waals surface area (Å²) in [5.41, 5.74) is 6.43. The van der Waals surface area contributed by atoms with E-state index in [0.29, 0.717) is 40.7 Å². The van der Waals surface area contributed by atoms with E-state index in [1.165, 1.54) is 12.8 Å². The molecule has 1 aliphatic heterocycles. The van der Waals surface area contributed by atoms with E-state index in [1.807, 2.05) is 0 Å². The Labute approximate surface area is 154 Å². The Kier molecular flexibility index (Phi) is 8.65. The number of benzene rings is 1. The second-order valence-electron chi connectivity index (χ2n) is 5.88. The van der Waals surface area contributed by atoms with Crippen LogP contribution >= 0.6 is 35.6 Å². The van der Waals surface area contributed by atoms with Crippen molar-refractivity contribution in [2.45, 2.75) is 32.2 Å². The van der Waals surface area contributed by atoms with Crippen LogP contribution in [-0.4, -0.2) is 36.5 Å². The van der Waals surface area contributed by atoms with Gasteiger partial charge in [0.25, 0.3) is 0 Å². The van der Waals surface area contributed by atoms with E-state index in [0.717, 1.165) is 13.1 Å². The van der Waals surface area contributed by atoms with Gasteiger partial charge in [0, 0.05) is 30.6 Å². The van der Waals surface area contributed by atoms with Gasteiger partial charge in [0.2, 0.25) is 5.91 Å². The quantitative estimate of drug-likeness (QED) is 0.816. The van der Waals surface area contributed by atoms with Crippen molar-refractivity contribution in [1.82, 2.24) is 4.90 Å². The van der Waals surface area contributed by atoms with Crippen LogP contribution in [0.15, 0.2) is 18.2 Å². The summed E-state index contributed by atoms with van der Waals surface area (Å²) >= 11 is 12.0. The van der Waals surface area contributed by atoms with Gasteiger partial charge in [-0.2, -0.15) is 0 Å². The molecule has 2 atom stereocenters. The molecule has 3 N–H and O–H groups in total. The Balaban J connectivity index is 0.00000264. The molecule has 0 spiro atoms. The number of carbonyl (C=O) groups is 1. The minimum atomic E-state index is -0.0573. The number of hydrogen-bond donors (Lipinski definition) is 2. The standard InChI is InChI=1S/C16H23Cl2N3O.ClH/c1-11-3-2-7-21(15(11)10-19)8-6-16(22)20-14-9-12(17)4-5-13(14)18;/h4-5,9,11,15H,2-3,6-8,10,19H2,1H3,(H,20,22);1H. The Morgan fingerprint density at radius 1 is 1.43 bits per heavy atom. The molecule has 1 aromatic carbocycles. The minimum Gasteiger partial charge on any atom is -0.329 e. The van der Waals surface area contributed by atoms with Crippen molar-refractivity contribution in [2.75, 3.05) is 25.0 Å². The van der Waals surface area contributed by atoms with Gasteiger partial charge in [0.15, 0.2) is 0 Å². The summed E-state index contributed by atoms with van der Waals surface area (Å²) in [4.78, 5) is 14.5. The van der Waals surface area contributed by atoms with E-state index in [2.05, 4.69) is 17.1 Å². The van der Waals surface area contributed by atoms with E-state index < -0.39 is 0 Å². The molecular weight excluding hydrogens is 357 g/mol. The molecule has 1 heterocycles. The van der Waals surface area contributed by atoms with Crippen molar-refractivity contribution < 1.29 is 4.79 Å². The van der Waals surface area contributed by atoms with Gasteiger partial charge in [-0.3, -0.25) is 9.69 Å². The highest BCUT2D eigenvalue weighted by molar-refractivity contribution is 6.35. The molecule has 1 aliphatic rings. The average molecular weight is 381 g/mol. The van der Waals surface area contributed by atoms with Crippen LogP contribution in [0.5, 0.6) is 0 Å². The number of rotatable bonds is 5. The predicted molar refractivity (Wildman–Crippen MR) is 99.8 cm³/mol. The van der Waals surface area contributed by atoms with Crippen molar-refractivity contribution in [3.63, 3.8) is 0 Å². The first-order chi connectivity index (χ1) is 10.5. The highest BCUT2D eigenvalue weighted by Gasteiger charge is 2.27. The monoisotopic (exact) mass is 379 g/mol. The lowest BCUT2D eigenvalue weighted by molar-refractivity contribution is -0.116. The molecule has 4 nitrogen and oxygen atoms in total. The van der Waals surface area contributed by atoms with Gasteiger partial charge >= 0.3 is 0 Å². The van der Waals surface area contributed by atoms with Crippen molar-refractivity contribution >= 4 is 47.2 Å². The lowest BCUT2D eigenvalue weighted by atomic mass is 9.90. The van der Waals surface area contributed by atoms with Crippen LogP contribution in [0.4, 0.5) is 5.69 Å². The normalized spacial score (nSPS) is 21.6. The van der Waals surface area contributed by atoms with Gasteiger partial charge in [0.05, 0.1) is 10.7 Å². The van der Waals surface area contributed by atoms with Crippen LogP contribution in [0.2, 0.25) is 10.0 Å². The second-order valence-corrected chi connectivity index (χ2v) is 6.72. The number of nitrogens with two attached hydrogens (primary N) is 1. The molecule has 0 aliphatic carbocycles. The zero-order chi connectivity index (χ0) is 16.1. The highest BCUT2D eigenvalue weighted by atomic mass is 35.5. The Hall–Kier alpha value is -0.520. The number of piperidine rings is 1. The first-order valence-corrected chi connectivity index (χ1v) is 8.46. The molecule has 7 heteroatoms. The van der Waals surface area contributed by atoms with Gasteiger partial charge < -0.3 is 11.1 Å². The zero-order valence-electron chi connectivity index (χ0n) is 13.2. The molecule has 0 saturated carbocycles. The highest BCUT2D eigenvalue weighted by Crippen LogP contribution is 2.26. The topological polar surface area (TPSA) is 58.4 Å². The summed E-state index contributed by atoms with van der Waals surface area (Å²) in [6.45, 7) is 4.60. The number of halogens is 3. The molecule has 1 saturated heterocycles. The van der Waals surface area contributed by atoms with E-state index in [-0.39, 0.29) is 18.3 Å². The van der Waals surface area contributed by atoms with Gasteiger partial charge in [-0.1, -0.05) is 30.1 Å². The Bertz CT molecular complexity index is 527. The van der Waals surface area contributed by atoms with Crippen LogP contribution in [0.3, 0.4) is 0 Å². The SMILES string of the molecule is CC1CCCN(CCC(=O)Nc2cc(Cl)ccc2Cl)C1CN.Cl. The average Bonchev–Trinajstić information content (AvgIpc) is 2.49. The summed E-state index contributed by atoms with van der Waals surface area (Å²) in [6, 6.07) is 5.40. The first-order valence-electron chi connectivity index (χ1n) is 7.70. The van der Waals surface area contributed by atoms with Crippen LogP contribution in [-0.2, 0) is 4.79 Å². The maximum Gasteiger partial charge on any atom is 0.225 e. The molecule has 2 rings (SSSR count). The van der Waals surface area contributed by atoms with Gasteiger partial charge in [-0.15, -0.1) is 12.4 Å². The predicted octanol–water partition coefficient (Wildman–Crippen LogP) is 3.80. The fourth-order valence-electron chi connectivity index (χ4n) is 3.04. The van der Waals surface area contributed by atoms with Crippen molar-refractivity contribution in [1.29, 1.82) is 0 Å². The third-order valence-electron chi connectivity index (χ3n) is 4.30. The van der Waals surface area contributed by atoms with Crippen LogP contribution in [0.25, 0.3) is 0 Å². The summed E-state index contributed by atoms with van der Waals surface area (Å²) in [6.07, 6.45) is 2.80. The number of anilines is 1. The number of nitrogens with one attached hydrogen (secondary N) is 1. The summed E-state index contributed by atoms with van der Waals surface area (Å²) in [7, 11) is 0. The van der Waals surface area contributed by atoms with E-state index in [9.17, 15) is 4.79 Å². The Morgan fingerprint density at radius 2 is 2.17 bits per heavy atom. The van der Waals surface area contributed by atoms with Gasteiger partial charge in [0.1, 0.15) is 0 Å². The molecule has 0 bridgehead atoms. The first kappa shape index (κ1) is 20.5. The van der Waals surface area contributed by atoms with E-state index in [1.54, 1.807) is 18.2 Å². The van der Waals surface area contributed by atoms with E-state index >= 15 is 0 Å². The number of likely N-dealkylation sites (tertiary alicyclic amines) is 1. The molecule has 1 amide bonds. The fraction of sp³-hybridized carbons (Fsp3) is 0.562. The number of amides is 1. The number of hydrogen-bond acceptors (Lipinski definition) is 3. The number of nitrogens with zero attached hydrogens (tertiary/aromatic N) is 1. The van der Waals surface area contributed by atoms with Crippen LogP contribution in [0, 0.1) is 5.92 Å². The summed E-state index contributed by atoms with van der Waals surface area (Å²) < 4.78 is 0. The Morgan fingerprint density at radius 3 is 2.87 bits per heavy atom. The van der Waals surface area contributed by atoms with Gasteiger partial charge in [-0.05, 0) is 43.5 Å². The summed E-state index contributed by atoms with van der Waals surface area (Å²) in [5, 5.41) is 3.86. The molecule has 0 radical (unpaired) electrons. The van der Waals surface area contributed by atoms with E-state index in [4.69, 9.17) is 28.9 Å². The van der Waals surface area contributed by atoms with Crippen molar-refractivity contribution in [3.8, 4) is 0 Å². The largest absolute Gasteiger partial charge is 0.329 e. The molecule has 1 fully saturated rings. The maximum absolute atomic E-state index is 12.1. The lowest BCUT2D eigenvalue weighted by Gasteiger charge is -2.39. The third-order valence-corrected chi connectivity index (χ3v) is 4.87.